The first kappa shape index (κ1) is 14.2. The summed E-state index contributed by atoms with van der Waals surface area (Å²) in [5.41, 5.74) is 0.182. The first-order valence-corrected chi connectivity index (χ1v) is 5.14. The maximum absolute atomic E-state index is 13.1. The summed E-state index contributed by atoms with van der Waals surface area (Å²) in [6, 6.07) is 5.74. The minimum absolute atomic E-state index is 0.182. The number of halogens is 3. The van der Waals surface area contributed by atoms with Crippen LogP contribution in [0.1, 0.15) is 5.56 Å². The largest absolute Gasteiger partial charge is 0.390 e. The molecule has 2 N–H and O–H groups in total. The summed E-state index contributed by atoms with van der Waals surface area (Å²) >= 11 is 0. The Morgan fingerprint density at radius 3 is 2.67 bits per heavy atom. The molecule has 1 aromatic rings. The van der Waals surface area contributed by atoms with Gasteiger partial charge in [-0.15, -0.1) is 0 Å². The van der Waals surface area contributed by atoms with E-state index in [-0.39, 0.29) is 5.56 Å². The highest BCUT2D eigenvalue weighted by atomic mass is 19.3. The molecule has 0 unspecified atom stereocenters. The van der Waals surface area contributed by atoms with Gasteiger partial charge in [0.1, 0.15) is 12.4 Å². The zero-order chi connectivity index (χ0) is 13.6. The van der Waals surface area contributed by atoms with Crippen LogP contribution in [0.15, 0.2) is 30.3 Å². The Labute approximate surface area is 102 Å². The molecule has 0 atom stereocenters. The quantitative estimate of drug-likeness (QED) is 0.789. The Kier molecular flexibility index (Phi) is 4.91. The van der Waals surface area contributed by atoms with Gasteiger partial charge in [-0.2, -0.15) is 0 Å². The van der Waals surface area contributed by atoms with Gasteiger partial charge in [0.2, 0.25) is 5.91 Å². The number of carbonyl (C=O) groups excluding carboxylic acids is 1. The summed E-state index contributed by atoms with van der Waals surface area (Å²) in [5.74, 6) is -4.66. The standard InChI is InChI=1S/C12H12F3NO2/c13-10-4-2-1-3-9(10)5-6-11(18)16-7-12(14,15)8-17/h1-6,17H,7-8H2,(H,16,18)/b6-5+. The minimum Gasteiger partial charge on any atom is -0.390 e. The Morgan fingerprint density at radius 2 is 2.06 bits per heavy atom. The van der Waals surface area contributed by atoms with Gasteiger partial charge >= 0.3 is 0 Å². The van der Waals surface area contributed by atoms with Gasteiger partial charge < -0.3 is 10.4 Å². The number of carbonyl (C=O) groups is 1. The van der Waals surface area contributed by atoms with E-state index in [0.29, 0.717) is 0 Å². The van der Waals surface area contributed by atoms with Crippen LogP contribution in [0.3, 0.4) is 0 Å². The Bertz CT molecular complexity index is 447. The fourth-order valence-electron chi connectivity index (χ4n) is 1.11. The van der Waals surface area contributed by atoms with Crippen LogP contribution < -0.4 is 5.32 Å². The second kappa shape index (κ2) is 6.20. The zero-order valence-corrected chi connectivity index (χ0v) is 9.37. The first-order chi connectivity index (χ1) is 8.44. The number of hydrogen-bond donors (Lipinski definition) is 2. The van der Waals surface area contributed by atoms with Gasteiger partial charge in [0.05, 0.1) is 6.54 Å². The molecule has 0 saturated heterocycles. The minimum atomic E-state index is -3.36. The molecule has 0 spiro atoms. The molecule has 3 nitrogen and oxygen atoms in total. The molecule has 0 aliphatic rings. The average molecular weight is 259 g/mol. The van der Waals surface area contributed by atoms with Crippen LogP contribution >= 0.6 is 0 Å². The molecular weight excluding hydrogens is 247 g/mol. The van der Waals surface area contributed by atoms with Crippen molar-refractivity contribution in [2.24, 2.45) is 0 Å². The van der Waals surface area contributed by atoms with E-state index in [1.807, 2.05) is 5.32 Å². The number of nitrogens with one attached hydrogen (secondary N) is 1. The molecule has 98 valence electrons. The highest BCUT2D eigenvalue weighted by Crippen LogP contribution is 2.10. The zero-order valence-electron chi connectivity index (χ0n) is 9.37. The van der Waals surface area contributed by atoms with Gasteiger partial charge in [0, 0.05) is 11.6 Å². The molecule has 0 aromatic heterocycles. The average Bonchev–Trinajstić information content (AvgIpc) is 2.35. The van der Waals surface area contributed by atoms with E-state index < -0.39 is 30.8 Å². The van der Waals surface area contributed by atoms with Crippen LogP contribution in [0.4, 0.5) is 13.2 Å². The molecule has 6 heteroatoms. The summed E-state index contributed by atoms with van der Waals surface area (Å²) in [7, 11) is 0. The van der Waals surface area contributed by atoms with Crippen LogP contribution in [-0.4, -0.2) is 30.1 Å². The summed E-state index contributed by atoms with van der Waals surface area (Å²) in [4.78, 5) is 11.2. The molecule has 0 aliphatic heterocycles. The number of benzene rings is 1. The number of hydrogen-bond acceptors (Lipinski definition) is 2. The van der Waals surface area contributed by atoms with Crippen LogP contribution in [0, 0.1) is 5.82 Å². The van der Waals surface area contributed by atoms with Gasteiger partial charge in [-0.1, -0.05) is 18.2 Å². The monoisotopic (exact) mass is 259 g/mol. The maximum Gasteiger partial charge on any atom is 0.287 e. The lowest BCUT2D eigenvalue weighted by Gasteiger charge is -2.12. The molecule has 0 fully saturated rings. The summed E-state index contributed by atoms with van der Waals surface area (Å²) in [6.07, 6.45) is 2.13. The van der Waals surface area contributed by atoms with Gasteiger partial charge in [-0.3, -0.25) is 4.79 Å². The highest BCUT2D eigenvalue weighted by Gasteiger charge is 2.27. The fraction of sp³-hybridized carbons (Fsp3) is 0.250. The molecule has 0 heterocycles. The Balaban J connectivity index is 2.53. The molecule has 18 heavy (non-hydrogen) atoms. The van der Waals surface area contributed by atoms with E-state index in [2.05, 4.69) is 0 Å². The smallest absolute Gasteiger partial charge is 0.287 e. The lowest BCUT2D eigenvalue weighted by molar-refractivity contribution is -0.119. The third-order valence-corrected chi connectivity index (χ3v) is 2.07. The van der Waals surface area contributed by atoms with Crippen LogP contribution in [-0.2, 0) is 4.79 Å². The van der Waals surface area contributed by atoms with E-state index >= 15 is 0 Å². The van der Waals surface area contributed by atoms with Crippen molar-refractivity contribution >= 4 is 12.0 Å². The summed E-state index contributed by atoms with van der Waals surface area (Å²) in [5, 5.41) is 10.2. The van der Waals surface area contributed by atoms with E-state index in [4.69, 9.17) is 5.11 Å². The van der Waals surface area contributed by atoms with Crippen molar-refractivity contribution in [3.05, 3.63) is 41.7 Å². The summed E-state index contributed by atoms with van der Waals surface area (Å²) in [6.45, 7) is -2.31. The predicted molar refractivity (Wildman–Crippen MR) is 60.5 cm³/mol. The second-order valence-electron chi connectivity index (χ2n) is 3.59. The van der Waals surface area contributed by atoms with Crippen LogP contribution in [0.5, 0.6) is 0 Å². The maximum atomic E-state index is 13.1. The Morgan fingerprint density at radius 1 is 1.39 bits per heavy atom. The predicted octanol–water partition coefficient (Wildman–Crippen LogP) is 1.58. The van der Waals surface area contributed by atoms with E-state index in [0.717, 1.165) is 6.08 Å². The van der Waals surface area contributed by atoms with E-state index in [1.54, 1.807) is 6.07 Å². The first-order valence-electron chi connectivity index (χ1n) is 5.14. The highest BCUT2D eigenvalue weighted by molar-refractivity contribution is 5.91. The fourth-order valence-corrected chi connectivity index (χ4v) is 1.11. The number of aliphatic hydroxyl groups is 1. The van der Waals surface area contributed by atoms with Crippen LogP contribution in [0.2, 0.25) is 0 Å². The van der Waals surface area contributed by atoms with Crippen LogP contribution in [0.25, 0.3) is 6.08 Å². The van der Waals surface area contributed by atoms with Gasteiger partial charge in [-0.25, -0.2) is 13.2 Å². The second-order valence-corrected chi connectivity index (χ2v) is 3.59. The van der Waals surface area contributed by atoms with Gasteiger partial charge in [0.15, 0.2) is 0 Å². The van der Waals surface area contributed by atoms with Crippen molar-refractivity contribution in [2.45, 2.75) is 5.92 Å². The van der Waals surface area contributed by atoms with Crippen molar-refractivity contribution in [3.63, 3.8) is 0 Å². The van der Waals surface area contributed by atoms with Crippen molar-refractivity contribution in [3.8, 4) is 0 Å². The third-order valence-electron chi connectivity index (χ3n) is 2.07. The van der Waals surface area contributed by atoms with Gasteiger partial charge in [0.25, 0.3) is 5.92 Å². The van der Waals surface area contributed by atoms with Crippen molar-refractivity contribution < 1.29 is 23.1 Å². The lowest BCUT2D eigenvalue weighted by Crippen LogP contribution is -2.38. The Hall–Kier alpha value is -1.82. The number of alkyl halides is 2. The third kappa shape index (κ3) is 4.58. The number of aliphatic hydroxyl groups excluding tert-OH is 1. The molecule has 0 saturated carbocycles. The molecule has 0 aliphatic carbocycles. The molecule has 0 radical (unpaired) electrons. The van der Waals surface area contributed by atoms with E-state index in [1.165, 1.54) is 24.3 Å². The number of amides is 1. The molecule has 0 bridgehead atoms. The van der Waals surface area contributed by atoms with Crippen molar-refractivity contribution in [2.75, 3.05) is 13.2 Å². The molecular formula is C12H12F3NO2. The SMILES string of the molecule is O=C(/C=C/c1ccccc1F)NCC(F)(F)CO. The molecule has 1 amide bonds. The molecule has 1 rings (SSSR count). The van der Waals surface area contributed by atoms with Crippen molar-refractivity contribution in [1.29, 1.82) is 0 Å². The topological polar surface area (TPSA) is 49.3 Å². The van der Waals surface area contributed by atoms with E-state index in [9.17, 15) is 18.0 Å². The number of rotatable bonds is 5. The lowest BCUT2D eigenvalue weighted by atomic mass is 10.2. The normalized spacial score (nSPS) is 11.8. The van der Waals surface area contributed by atoms with Crippen molar-refractivity contribution in [1.82, 2.24) is 5.32 Å². The van der Waals surface area contributed by atoms with Gasteiger partial charge in [-0.05, 0) is 12.1 Å². The summed E-state index contributed by atoms with van der Waals surface area (Å²) < 4.78 is 38.3. The molecule has 1 aromatic carbocycles.